The highest BCUT2D eigenvalue weighted by atomic mass is 32.1. The Morgan fingerprint density at radius 1 is 1.29 bits per heavy atom. The van der Waals surface area contributed by atoms with Gasteiger partial charge in [-0.15, -0.1) is 11.3 Å². The number of amides is 1. The van der Waals surface area contributed by atoms with Gasteiger partial charge in [-0.2, -0.15) is 0 Å². The summed E-state index contributed by atoms with van der Waals surface area (Å²) in [6, 6.07) is 7.57. The van der Waals surface area contributed by atoms with Crippen LogP contribution >= 0.6 is 11.3 Å². The number of hydrogen-bond donors (Lipinski definition) is 1. The van der Waals surface area contributed by atoms with Gasteiger partial charge in [-0.1, -0.05) is 13.8 Å². The van der Waals surface area contributed by atoms with E-state index in [1.165, 1.54) is 11.3 Å². The Hall–Kier alpha value is -2.47. The number of thiazole rings is 1. The lowest BCUT2D eigenvalue weighted by atomic mass is 10.1. The summed E-state index contributed by atoms with van der Waals surface area (Å²) in [5.74, 6) is 0.824. The Morgan fingerprint density at radius 2 is 2.08 bits per heavy atom. The summed E-state index contributed by atoms with van der Waals surface area (Å²) in [5, 5.41) is 4.76. The Morgan fingerprint density at radius 3 is 2.79 bits per heavy atom. The smallest absolute Gasteiger partial charge is 0.267 e. The molecule has 0 unspecified atom stereocenters. The largest absolute Gasteiger partial charge is 0.497 e. The van der Waals surface area contributed by atoms with Crippen molar-refractivity contribution in [1.29, 1.82) is 0 Å². The van der Waals surface area contributed by atoms with Crippen LogP contribution in [0.15, 0.2) is 30.5 Å². The predicted molar refractivity (Wildman–Crippen MR) is 97.2 cm³/mol. The molecule has 2 aromatic heterocycles. The Bertz CT molecular complexity index is 902. The van der Waals surface area contributed by atoms with E-state index < -0.39 is 0 Å². The first-order valence-electron chi connectivity index (χ1n) is 7.70. The minimum Gasteiger partial charge on any atom is -0.497 e. The van der Waals surface area contributed by atoms with Crippen LogP contribution in [0.1, 0.15) is 40.1 Å². The van der Waals surface area contributed by atoms with Gasteiger partial charge in [0.15, 0.2) is 0 Å². The first kappa shape index (κ1) is 16.4. The lowest BCUT2D eigenvalue weighted by molar-refractivity contribution is 0.102. The number of rotatable bonds is 4. The number of methoxy groups -OCH3 is 1. The molecule has 6 heteroatoms. The maximum absolute atomic E-state index is 12.6. The third-order valence-electron chi connectivity index (χ3n) is 3.66. The summed E-state index contributed by atoms with van der Waals surface area (Å²) in [6.07, 6.45) is 1.66. The SMILES string of the molecule is COc1ccc2cc(NC(=O)c3sc(C)nc3C(C)C)cnc2c1. The molecule has 0 aliphatic carbocycles. The Balaban J connectivity index is 1.88. The molecule has 0 aliphatic rings. The molecule has 0 fully saturated rings. The minimum absolute atomic E-state index is 0.140. The lowest BCUT2D eigenvalue weighted by Crippen LogP contribution is -2.13. The molecule has 0 spiro atoms. The van der Waals surface area contributed by atoms with Gasteiger partial charge in [0.1, 0.15) is 10.6 Å². The third kappa shape index (κ3) is 3.23. The summed E-state index contributed by atoms with van der Waals surface area (Å²) in [4.78, 5) is 22.1. The van der Waals surface area contributed by atoms with E-state index in [0.29, 0.717) is 10.6 Å². The van der Waals surface area contributed by atoms with Crippen molar-refractivity contribution < 1.29 is 9.53 Å². The molecule has 3 aromatic rings. The standard InChI is InChI=1S/C18H19N3O2S/c1-10(2)16-17(24-11(3)20-16)18(22)21-13-7-12-5-6-14(23-4)8-15(12)19-9-13/h5-10H,1-4H3,(H,21,22). The fraction of sp³-hybridized carbons (Fsp3) is 0.278. The van der Waals surface area contributed by atoms with E-state index in [1.807, 2.05) is 45.0 Å². The van der Waals surface area contributed by atoms with Crippen LogP contribution in [-0.2, 0) is 0 Å². The number of carbonyl (C=O) groups is 1. The van der Waals surface area contributed by atoms with E-state index in [9.17, 15) is 4.79 Å². The number of anilines is 1. The van der Waals surface area contributed by atoms with Gasteiger partial charge < -0.3 is 10.1 Å². The van der Waals surface area contributed by atoms with E-state index in [0.717, 1.165) is 27.4 Å². The maximum Gasteiger partial charge on any atom is 0.267 e. The van der Waals surface area contributed by atoms with Crippen LogP contribution in [0.3, 0.4) is 0 Å². The molecule has 1 amide bonds. The minimum atomic E-state index is -0.140. The quantitative estimate of drug-likeness (QED) is 0.764. The number of hydrogen-bond acceptors (Lipinski definition) is 5. The van der Waals surface area contributed by atoms with Gasteiger partial charge in [0.25, 0.3) is 5.91 Å². The zero-order chi connectivity index (χ0) is 17.3. The first-order valence-corrected chi connectivity index (χ1v) is 8.52. The van der Waals surface area contributed by atoms with Crippen molar-refractivity contribution in [3.63, 3.8) is 0 Å². The second-order valence-corrected chi connectivity index (χ2v) is 7.04. The second kappa shape index (κ2) is 6.57. The van der Waals surface area contributed by atoms with Crippen LogP contribution < -0.4 is 10.1 Å². The van der Waals surface area contributed by atoms with Gasteiger partial charge in [0, 0.05) is 11.5 Å². The zero-order valence-corrected chi connectivity index (χ0v) is 14.9. The molecule has 2 heterocycles. The van der Waals surface area contributed by atoms with Crippen molar-refractivity contribution in [2.45, 2.75) is 26.7 Å². The molecule has 24 heavy (non-hydrogen) atoms. The molecule has 0 aliphatic heterocycles. The van der Waals surface area contributed by atoms with Crippen LogP contribution in [-0.4, -0.2) is 23.0 Å². The molecular weight excluding hydrogens is 322 g/mol. The highest BCUT2D eigenvalue weighted by Gasteiger charge is 2.19. The molecule has 0 bridgehead atoms. The molecule has 0 saturated carbocycles. The highest BCUT2D eigenvalue weighted by molar-refractivity contribution is 7.13. The topological polar surface area (TPSA) is 64.1 Å². The number of nitrogens with zero attached hydrogens (tertiary/aromatic N) is 2. The van der Waals surface area contributed by atoms with Crippen molar-refractivity contribution in [3.8, 4) is 5.75 Å². The average molecular weight is 341 g/mol. The molecule has 0 atom stereocenters. The van der Waals surface area contributed by atoms with Gasteiger partial charge >= 0.3 is 0 Å². The highest BCUT2D eigenvalue weighted by Crippen LogP contribution is 2.26. The molecule has 124 valence electrons. The van der Waals surface area contributed by atoms with Gasteiger partial charge in [-0.25, -0.2) is 4.98 Å². The monoisotopic (exact) mass is 341 g/mol. The van der Waals surface area contributed by atoms with E-state index in [1.54, 1.807) is 13.3 Å². The number of pyridine rings is 1. The molecule has 0 radical (unpaired) electrons. The normalized spacial score (nSPS) is 11.0. The van der Waals surface area contributed by atoms with Gasteiger partial charge in [-0.05, 0) is 31.0 Å². The van der Waals surface area contributed by atoms with Crippen LogP contribution in [0.4, 0.5) is 5.69 Å². The third-order valence-corrected chi connectivity index (χ3v) is 4.65. The van der Waals surface area contributed by atoms with E-state index >= 15 is 0 Å². The molecule has 1 aromatic carbocycles. The van der Waals surface area contributed by atoms with Crippen LogP contribution in [0, 0.1) is 6.92 Å². The van der Waals surface area contributed by atoms with Crippen LogP contribution in [0.2, 0.25) is 0 Å². The number of benzene rings is 1. The summed E-state index contributed by atoms with van der Waals surface area (Å²) in [7, 11) is 1.62. The van der Waals surface area contributed by atoms with Crippen molar-refractivity contribution in [1.82, 2.24) is 9.97 Å². The van der Waals surface area contributed by atoms with Crippen molar-refractivity contribution >= 4 is 33.8 Å². The number of nitrogens with one attached hydrogen (secondary N) is 1. The number of fused-ring (bicyclic) bond motifs is 1. The molecule has 3 rings (SSSR count). The molecular formula is C18H19N3O2S. The number of aryl methyl sites for hydroxylation is 1. The molecule has 1 N–H and O–H groups in total. The van der Waals surface area contributed by atoms with Crippen molar-refractivity contribution in [2.75, 3.05) is 12.4 Å². The van der Waals surface area contributed by atoms with E-state index in [4.69, 9.17) is 4.74 Å². The summed E-state index contributed by atoms with van der Waals surface area (Å²) in [6.45, 7) is 5.99. The Labute approximate surface area is 144 Å². The van der Waals surface area contributed by atoms with Crippen molar-refractivity contribution in [3.05, 3.63) is 46.0 Å². The number of aromatic nitrogens is 2. The maximum atomic E-state index is 12.6. The second-order valence-electron chi connectivity index (χ2n) is 5.84. The van der Waals surface area contributed by atoms with Crippen LogP contribution in [0.25, 0.3) is 10.9 Å². The summed E-state index contributed by atoms with van der Waals surface area (Å²) in [5.41, 5.74) is 2.33. The molecule has 5 nitrogen and oxygen atoms in total. The van der Waals surface area contributed by atoms with Gasteiger partial charge in [0.05, 0.1) is 35.2 Å². The first-order chi connectivity index (χ1) is 11.5. The van der Waals surface area contributed by atoms with Gasteiger partial charge in [-0.3, -0.25) is 9.78 Å². The fourth-order valence-corrected chi connectivity index (χ4v) is 3.45. The van der Waals surface area contributed by atoms with Crippen LogP contribution in [0.5, 0.6) is 5.75 Å². The fourth-order valence-electron chi connectivity index (χ4n) is 2.48. The zero-order valence-electron chi connectivity index (χ0n) is 14.1. The van der Waals surface area contributed by atoms with Gasteiger partial charge in [0.2, 0.25) is 0 Å². The number of carbonyl (C=O) groups excluding carboxylic acids is 1. The predicted octanol–water partition coefficient (Wildman–Crippen LogP) is 4.38. The summed E-state index contributed by atoms with van der Waals surface area (Å²) < 4.78 is 5.20. The lowest BCUT2D eigenvalue weighted by Gasteiger charge is -2.08. The van der Waals surface area contributed by atoms with E-state index in [2.05, 4.69) is 15.3 Å². The molecule has 0 saturated heterocycles. The number of ether oxygens (including phenoxy) is 1. The Kier molecular flexibility index (Phi) is 4.49. The summed E-state index contributed by atoms with van der Waals surface area (Å²) >= 11 is 1.42. The average Bonchev–Trinajstić information content (AvgIpc) is 2.96. The van der Waals surface area contributed by atoms with Crippen molar-refractivity contribution in [2.24, 2.45) is 0 Å². The van der Waals surface area contributed by atoms with E-state index in [-0.39, 0.29) is 11.8 Å².